The second-order valence-corrected chi connectivity index (χ2v) is 12.7. The minimum atomic E-state index is -5.01. The number of hydrogen-bond acceptors (Lipinski definition) is 5. The zero-order valence-corrected chi connectivity index (χ0v) is 27.6. The summed E-state index contributed by atoms with van der Waals surface area (Å²) in [6, 6.07) is 11.7. The summed E-state index contributed by atoms with van der Waals surface area (Å²) >= 11 is 12.2. The summed E-state index contributed by atoms with van der Waals surface area (Å²) < 4.78 is 73.3. The van der Waals surface area contributed by atoms with Gasteiger partial charge in [0.2, 0.25) is 17.6 Å². The highest BCUT2D eigenvalue weighted by molar-refractivity contribution is 6.31. The van der Waals surface area contributed by atoms with E-state index in [4.69, 9.17) is 27.9 Å². The van der Waals surface area contributed by atoms with Gasteiger partial charge in [0.15, 0.2) is 0 Å². The number of ketones is 1. The maximum Gasteiger partial charge on any atom is 0.405 e. The molecule has 1 aliphatic carbocycles. The standard InChI is InChI=1S/C33H34Cl2F5N3O5/c1-19(2)26(28(45)33(39,40)30(47)41-18-32(36,37)38)43-29(46)27(31(3)14-12-21(34)13-15-31)42-25(44)17-24(20-8-5-4-6-9-20)48-23-11-7-10-22(35)16-23/h4-14,16,19,24,26-27H,15,17-18H2,1-3H3,(H,41,47)(H,42,44)(H,43,46)/t24-,26-,27+,31?/m0/s1. The Morgan fingerprint density at radius 3 is 2.19 bits per heavy atom. The van der Waals surface area contributed by atoms with Gasteiger partial charge in [0.25, 0.3) is 5.91 Å². The monoisotopic (exact) mass is 717 g/mol. The lowest BCUT2D eigenvalue weighted by atomic mass is 9.76. The number of halogens is 7. The topological polar surface area (TPSA) is 114 Å². The molecule has 0 saturated carbocycles. The van der Waals surface area contributed by atoms with Crippen molar-refractivity contribution in [3.05, 3.63) is 88.4 Å². The van der Waals surface area contributed by atoms with Crippen LogP contribution in [0.1, 0.15) is 45.3 Å². The van der Waals surface area contributed by atoms with Crippen molar-refractivity contribution in [3.63, 3.8) is 0 Å². The fourth-order valence-electron chi connectivity index (χ4n) is 4.83. The van der Waals surface area contributed by atoms with Gasteiger partial charge < -0.3 is 20.7 Å². The fourth-order valence-corrected chi connectivity index (χ4v) is 5.15. The van der Waals surface area contributed by atoms with Gasteiger partial charge in [-0.15, -0.1) is 0 Å². The van der Waals surface area contributed by atoms with Crippen molar-refractivity contribution < 1.29 is 45.9 Å². The molecule has 0 radical (unpaired) electrons. The first-order chi connectivity index (χ1) is 22.3. The first-order valence-corrected chi connectivity index (χ1v) is 15.5. The molecule has 0 saturated heterocycles. The van der Waals surface area contributed by atoms with Crippen molar-refractivity contribution in [1.29, 1.82) is 0 Å². The van der Waals surface area contributed by atoms with Gasteiger partial charge in [-0.2, -0.15) is 22.0 Å². The Bertz CT molecular complexity index is 1550. The van der Waals surface area contributed by atoms with E-state index in [9.17, 15) is 41.1 Å². The summed E-state index contributed by atoms with van der Waals surface area (Å²) in [5.41, 5.74) is -0.575. The van der Waals surface area contributed by atoms with Crippen LogP contribution in [0.4, 0.5) is 22.0 Å². The van der Waals surface area contributed by atoms with Crippen LogP contribution >= 0.6 is 23.2 Å². The Hall–Kier alpha value is -3.97. The third-order valence-electron chi connectivity index (χ3n) is 7.49. The second-order valence-electron chi connectivity index (χ2n) is 11.8. The van der Waals surface area contributed by atoms with Crippen LogP contribution in [0.2, 0.25) is 5.02 Å². The molecule has 3 amide bonds. The van der Waals surface area contributed by atoms with Crippen molar-refractivity contribution >= 4 is 46.7 Å². The highest BCUT2D eigenvalue weighted by Crippen LogP contribution is 2.35. The van der Waals surface area contributed by atoms with Gasteiger partial charge in [0.1, 0.15) is 24.4 Å². The maximum absolute atomic E-state index is 14.8. The molecule has 4 atom stereocenters. The Balaban J connectivity index is 1.89. The number of nitrogens with one attached hydrogen (secondary N) is 3. The average Bonchev–Trinajstić information content (AvgIpc) is 3.02. The lowest BCUT2D eigenvalue weighted by Gasteiger charge is -2.37. The third-order valence-corrected chi connectivity index (χ3v) is 8.01. The summed E-state index contributed by atoms with van der Waals surface area (Å²) in [4.78, 5) is 52.3. The first kappa shape index (κ1) is 38.5. The second kappa shape index (κ2) is 16.0. The molecule has 0 bridgehead atoms. The number of rotatable bonds is 14. The van der Waals surface area contributed by atoms with Gasteiger partial charge >= 0.3 is 12.1 Å². The lowest BCUT2D eigenvalue weighted by molar-refractivity contribution is -0.165. The smallest absolute Gasteiger partial charge is 0.405 e. The number of benzene rings is 2. The van der Waals surface area contributed by atoms with E-state index in [2.05, 4.69) is 10.6 Å². The number of ether oxygens (including phenoxy) is 1. The molecule has 0 aromatic heterocycles. The van der Waals surface area contributed by atoms with Crippen LogP contribution in [0.25, 0.3) is 0 Å². The number of allylic oxidation sites excluding steroid dienone is 3. The van der Waals surface area contributed by atoms with Gasteiger partial charge in [-0.1, -0.05) is 92.5 Å². The minimum Gasteiger partial charge on any atom is -0.485 e. The molecule has 0 fully saturated rings. The normalized spacial score (nSPS) is 18.3. The Kier molecular flexibility index (Phi) is 12.8. The summed E-state index contributed by atoms with van der Waals surface area (Å²) in [6.45, 7) is 2.09. The zero-order valence-electron chi connectivity index (χ0n) is 26.0. The first-order valence-electron chi connectivity index (χ1n) is 14.7. The van der Waals surface area contributed by atoms with Crippen molar-refractivity contribution in [2.24, 2.45) is 11.3 Å². The van der Waals surface area contributed by atoms with E-state index in [1.54, 1.807) is 73.7 Å². The highest BCUT2D eigenvalue weighted by Gasteiger charge is 2.52. The molecule has 48 heavy (non-hydrogen) atoms. The number of carbonyl (C=O) groups excluding carboxylic acids is 4. The summed E-state index contributed by atoms with van der Waals surface area (Å²) in [5.74, 6) is -11.9. The predicted octanol–water partition coefficient (Wildman–Crippen LogP) is 6.45. The SMILES string of the molecule is CC(C)[C@H](NC(=O)[C@@H](NC(=O)C[C@H](Oc1cccc(Cl)c1)c1ccccc1)C1(C)C=CC(Cl)=CC1)C(=O)C(F)(F)C(=O)NCC(F)(F)F. The molecule has 8 nitrogen and oxygen atoms in total. The van der Waals surface area contributed by atoms with Crippen LogP contribution in [0.3, 0.4) is 0 Å². The summed E-state index contributed by atoms with van der Waals surface area (Å²) in [5, 5.41) is 6.57. The predicted molar refractivity (Wildman–Crippen MR) is 169 cm³/mol. The molecule has 0 aliphatic heterocycles. The number of Topliss-reactive ketones (excluding diaryl/α,β-unsaturated/α-hetero) is 1. The number of carbonyl (C=O) groups is 4. The van der Waals surface area contributed by atoms with Crippen molar-refractivity contribution in [1.82, 2.24) is 16.0 Å². The van der Waals surface area contributed by atoms with E-state index in [1.807, 2.05) is 0 Å². The van der Waals surface area contributed by atoms with Gasteiger partial charge in [0.05, 0.1) is 12.5 Å². The van der Waals surface area contributed by atoms with E-state index in [-0.39, 0.29) is 12.8 Å². The number of hydrogen-bond donors (Lipinski definition) is 3. The Labute approximate surface area is 284 Å². The van der Waals surface area contributed by atoms with Crippen LogP contribution in [0, 0.1) is 11.3 Å². The molecular weight excluding hydrogens is 684 g/mol. The zero-order chi connectivity index (χ0) is 35.9. The molecule has 260 valence electrons. The maximum atomic E-state index is 14.8. The molecule has 2 aromatic rings. The third kappa shape index (κ3) is 10.5. The minimum absolute atomic E-state index is 0.109. The van der Waals surface area contributed by atoms with Crippen molar-refractivity contribution in [2.75, 3.05) is 6.54 Å². The van der Waals surface area contributed by atoms with Crippen molar-refractivity contribution in [3.8, 4) is 5.75 Å². The van der Waals surface area contributed by atoms with E-state index >= 15 is 0 Å². The molecule has 15 heteroatoms. The van der Waals surface area contributed by atoms with Crippen LogP contribution in [0.15, 0.2) is 77.9 Å². The number of amides is 3. The van der Waals surface area contributed by atoms with Crippen LogP contribution in [-0.2, 0) is 19.2 Å². The van der Waals surface area contributed by atoms with Gasteiger partial charge in [-0.05, 0) is 42.2 Å². The molecule has 3 N–H and O–H groups in total. The van der Waals surface area contributed by atoms with E-state index in [1.165, 1.54) is 19.9 Å². The van der Waals surface area contributed by atoms with Gasteiger partial charge in [-0.25, -0.2) is 0 Å². The van der Waals surface area contributed by atoms with Gasteiger partial charge in [-0.3, -0.25) is 19.2 Å². The molecule has 1 aliphatic rings. The summed E-state index contributed by atoms with van der Waals surface area (Å²) in [6.07, 6.45) is -1.48. The van der Waals surface area contributed by atoms with E-state index in [0.29, 0.717) is 21.4 Å². The molecule has 2 aromatic carbocycles. The molecular formula is C33H34Cl2F5N3O5. The van der Waals surface area contributed by atoms with E-state index in [0.717, 1.165) is 5.32 Å². The number of alkyl halides is 5. The van der Waals surface area contributed by atoms with Crippen LogP contribution < -0.4 is 20.7 Å². The van der Waals surface area contributed by atoms with Gasteiger partial charge in [0, 0.05) is 15.5 Å². The molecule has 0 spiro atoms. The van der Waals surface area contributed by atoms with Crippen LogP contribution in [0.5, 0.6) is 5.75 Å². The van der Waals surface area contributed by atoms with E-state index < -0.39 is 71.7 Å². The average molecular weight is 719 g/mol. The Morgan fingerprint density at radius 1 is 0.958 bits per heavy atom. The fraction of sp³-hybridized carbons (Fsp3) is 0.394. The summed E-state index contributed by atoms with van der Waals surface area (Å²) in [7, 11) is 0. The quantitative estimate of drug-likeness (QED) is 0.154. The van der Waals surface area contributed by atoms with Crippen LogP contribution in [-0.4, -0.2) is 54.2 Å². The van der Waals surface area contributed by atoms with Crippen molar-refractivity contribution in [2.45, 2.75) is 63.9 Å². The highest BCUT2D eigenvalue weighted by atomic mass is 35.5. The molecule has 1 unspecified atom stereocenters. The largest absolute Gasteiger partial charge is 0.485 e. The molecule has 3 rings (SSSR count). The molecule has 0 heterocycles. The lowest BCUT2D eigenvalue weighted by Crippen LogP contribution is -2.61. The Morgan fingerprint density at radius 2 is 1.62 bits per heavy atom.